The fourth-order valence-corrected chi connectivity index (χ4v) is 2.96. The van der Waals surface area contributed by atoms with Crippen LogP contribution in [0.4, 0.5) is 4.39 Å². The molecule has 0 unspecified atom stereocenters. The molecule has 2 heterocycles. The van der Waals surface area contributed by atoms with E-state index in [1.807, 2.05) is 4.90 Å². The Hall–Kier alpha value is -2.67. The van der Waals surface area contributed by atoms with Crippen LogP contribution in [0.3, 0.4) is 0 Å². The van der Waals surface area contributed by atoms with Gasteiger partial charge >= 0.3 is 0 Å². The van der Waals surface area contributed by atoms with Gasteiger partial charge in [-0.1, -0.05) is 18.2 Å². The van der Waals surface area contributed by atoms with E-state index in [0.717, 1.165) is 0 Å². The zero-order valence-electron chi connectivity index (χ0n) is 14.7. The summed E-state index contributed by atoms with van der Waals surface area (Å²) in [7, 11) is 1.67. The molecule has 0 saturated carbocycles. The molecule has 7 heteroatoms. The van der Waals surface area contributed by atoms with E-state index in [-0.39, 0.29) is 30.7 Å². The van der Waals surface area contributed by atoms with Crippen LogP contribution >= 0.6 is 0 Å². The summed E-state index contributed by atoms with van der Waals surface area (Å²) in [5.41, 5.74) is 1.04. The van der Waals surface area contributed by atoms with Gasteiger partial charge in [0, 0.05) is 45.3 Å². The molecule has 2 aromatic rings. The van der Waals surface area contributed by atoms with Gasteiger partial charge in [-0.15, -0.1) is 0 Å². The molecule has 0 aliphatic carbocycles. The number of likely N-dealkylation sites (N-methyl/N-ethyl adjacent to an activating group) is 1. The number of furan rings is 1. The standard InChI is InChI=1S/C19H22FN3O3/c1-21(12-15-4-2-3-5-17(15)20)18(24)13-22-7-9-23(10-8-22)19(25)16-6-11-26-14-16/h2-6,11,14H,7-10,12-13H2,1H3. The Balaban J connectivity index is 1.47. The Morgan fingerprint density at radius 2 is 1.88 bits per heavy atom. The van der Waals surface area contributed by atoms with Gasteiger partial charge in [-0.05, 0) is 12.1 Å². The van der Waals surface area contributed by atoms with Gasteiger partial charge in [0.1, 0.15) is 12.1 Å². The molecule has 1 saturated heterocycles. The summed E-state index contributed by atoms with van der Waals surface area (Å²) in [5.74, 6) is -0.428. The molecule has 1 aromatic heterocycles. The number of amides is 2. The van der Waals surface area contributed by atoms with Gasteiger partial charge in [0.25, 0.3) is 5.91 Å². The van der Waals surface area contributed by atoms with Crippen molar-refractivity contribution in [2.24, 2.45) is 0 Å². The lowest BCUT2D eigenvalue weighted by molar-refractivity contribution is -0.132. The van der Waals surface area contributed by atoms with E-state index >= 15 is 0 Å². The average Bonchev–Trinajstić information content (AvgIpc) is 3.18. The van der Waals surface area contributed by atoms with Crippen LogP contribution in [-0.2, 0) is 11.3 Å². The van der Waals surface area contributed by atoms with E-state index < -0.39 is 0 Å². The van der Waals surface area contributed by atoms with Crippen molar-refractivity contribution in [2.75, 3.05) is 39.8 Å². The Bertz CT molecular complexity index is 755. The zero-order chi connectivity index (χ0) is 18.5. The Morgan fingerprint density at radius 3 is 2.54 bits per heavy atom. The molecule has 0 spiro atoms. The van der Waals surface area contributed by atoms with E-state index in [1.54, 1.807) is 36.2 Å². The van der Waals surface area contributed by atoms with Crippen molar-refractivity contribution in [3.63, 3.8) is 0 Å². The molecule has 1 aliphatic heterocycles. The molecule has 0 atom stereocenters. The number of carbonyl (C=O) groups is 2. The molecule has 3 rings (SSSR count). The van der Waals surface area contributed by atoms with E-state index in [4.69, 9.17) is 4.42 Å². The highest BCUT2D eigenvalue weighted by atomic mass is 19.1. The third-order valence-corrected chi connectivity index (χ3v) is 4.58. The van der Waals surface area contributed by atoms with Crippen molar-refractivity contribution in [1.29, 1.82) is 0 Å². The molecule has 0 N–H and O–H groups in total. The Morgan fingerprint density at radius 1 is 1.15 bits per heavy atom. The monoisotopic (exact) mass is 359 g/mol. The minimum atomic E-state index is -0.307. The van der Waals surface area contributed by atoms with Gasteiger partial charge in [-0.25, -0.2) is 4.39 Å². The average molecular weight is 359 g/mol. The zero-order valence-corrected chi connectivity index (χ0v) is 14.7. The summed E-state index contributed by atoms with van der Waals surface area (Å²) in [5, 5.41) is 0. The first-order chi connectivity index (χ1) is 12.5. The fraction of sp³-hybridized carbons (Fsp3) is 0.368. The summed E-state index contributed by atoms with van der Waals surface area (Å²) in [6, 6.07) is 8.11. The summed E-state index contributed by atoms with van der Waals surface area (Å²) >= 11 is 0. The Labute approximate surface area is 151 Å². The number of hydrogen-bond acceptors (Lipinski definition) is 4. The summed E-state index contributed by atoms with van der Waals surface area (Å²) < 4.78 is 18.7. The molecule has 138 valence electrons. The minimum Gasteiger partial charge on any atom is -0.472 e. The third-order valence-electron chi connectivity index (χ3n) is 4.58. The number of piperazine rings is 1. The second-order valence-electron chi connectivity index (χ2n) is 6.42. The third kappa shape index (κ3) is 4.29. The van der Waals surface area contributed by atoms with Gasteiger partial charge < -0.3 is 14.2 Å². The number of carbonyl (C=O) groups excluding carboxylic acids is 2. The molecule has 0 radical (unpaired) electrons. The number of hydrogen-bond donors (Lipinski definition) is 0. The lowest BCUT2D eigenvalue weighted by Crippen LogP contribution is -2.51. The van der Waals surface area contributed by atoms with Crippen LogP contribution in [0.5, 0.6) is 0 Å². The molecule has 2 amide bonds. The summed E-state index contributed by atoms with van der Waals surface area (Å²) in [6.45, 7) is 2.89. The first kappa shape index (κ1) is 18.1. The lowest BCUT2D eigenvalue weighted by Gasteiger charge is -2.34. The second kappa shape index (κ2) is 8.14. The first-order valence-corrected chi connectivity index (χ1v) is 8.56. The van der Waals surface area contributed by atoms with Crippen molar-refractivity contribution in [2.45, 2.75) is 6.54 Å². The van der Waals surface area contributed by atoms with E-state index in [9.17, 15) is 14.0 Å². The van der Waals surface area contributed by atoms with Crippen molar-refractivity contribution in [3.8, 4) is 0 Å². The van der Waals surface area contributed by atoms with E-state index in [0.29, 0.717) is 37.3 Å². The second-order valence-corrected chi connectivity index (χ2v) is 6.42. The predicted molar refractivity (Wildman–Crippen MR) is 93.9 cm³/mol. The Kier molecular flexibility index (Phi) is 5.68. The normalized spacial score (nSPS) is 15.1. The van der Waals surface area contributed by atoms with Gasteiger partial charge in [-0.2, -0.15) is 0 Å². The van der Waals surface area contributed by atoms with Gasteiger partial charge in [-0.3, -0.25) is 14.5 Å². The van der Waals surface area contributed by atoms with Gasteiger partial charge in [0.05, 0.1) is 18.4 Å². The van der Waals surface area contributed by atoms with Crippen LogP contribution in [0.1, 0.15) is 15.9 Å². The molecule has 6 nitrogen and oxygen atoms in total. The topological polar surface area (TPSA) is 57.0 Å². The van der Waals surface area contributed by atoms with E-state index in [2.05, 4.69) is 0 Å². The first-order valence-electron chi connectivity index (χ1n) is 8.56. The molecule has 26 heavy (non-hydrogen) atoms. The highest BCUT2D eigenvalue weighted by Crippen LogP contribution is 2.11. The number of rotatable bonds is 5. The fourth-order valence-electron chi connectivity index (χ4n) is 2.96. The van der Waals surface area contributed by atoms with Crippen LogP contribution in [0, 0.1) is 5.82 Å². The maximum atomic E-state index is 13.7. The quantitative estimate of drug-likeness (QED) is 0.817. The van der Waals surface area contributed by atoms with E-state index in [1.165, 1.54) is 23.5 Å². The summed E-state index contributed by atoms with van der Waals surface area (Å²) in [6.07, 6.45) is 2.92. The van der Waals surface area contributed by atoms with Crippen molar-refractivity contribution in [1.82, 2.24) is 14.7 Å². The molecule has 1 fully saturated rings. The molecule has 1 aromatic carbocycles. The molecular formula is C19H22FN3O3. The van der Waals surface area contributed by atoms with Gasteiger partial charge in [0.15, 0.2) is 0 Å². The maximum Gasteiger partial charge on any atom is 0.257 e. The SMILES string of the molecule is CN(Cc1ccccc1F)C(=O)CN1CCN(C(=O)c2ccoc2)CC1. The highest BCUT2D eigenvalue weighted by molar-refractivity contribution is 5.93. The van der Waals surface area contributed by atoms with Crippen LogP contribution in [-0.4, -0.2) is 66.3 Å². The van der Waals surface area contributed by atoms with Crippen molar-refractivity contribution in [3.05, 3.63) is 59.8 Å². The molecule has 1 aliphatic rings. The van der Waals surface area contributed by atoms with Crippen LogP contribution in [0.15, 0.2) is 47.3 Å². The minimum absolute atomic E-state index is 0.0543. The van der Waals surface area contributed by atoms with Crippen LogP contribution < -0.4 is 0 Å². The predicted octanol–water partition coefficient (Wildman–Crippen LogP) is 1.84. The maximum absolute atomic E-state index is 13.7. The van der Waals surface area contributed by atoms with Crippen molar-refractivity contribution < 1.29 is 18.4 Å². The number of halogens is 1. The number of nitrogens with zero attached hydrogens (tertiary/aromatic N) is 3. The van der Waals surface area contributed by atoms with Gasteiger partial charge in [0.2, 0.25) is 5.91 Å². The molecule has 0 bridgehead atoms. The summed E-state index contributed by atoms with van der Waals surface area (Å²) in [4.78, 5) is 30.0. The van der Waals surface area contributed by atoms with Crippen molar-refractivity contribution >= 4 is 11.8 Å². The molecular weight excluding hydrogens is 337 g/mol. The van der Waals surface area contributed by atoms with Crippen LogP contribution in [0.2, 0.25) is 0 Å². The smallest absolute Gasteiger partial charge is 0.257 e. The number of benzene rings is 1. The van der Waals surface area contributed by atoms with Crippen LogP contribution in [0.25, 0.3) is 0 Å². The lowest BCUT2D eigenvalue weighted by atomic mass is 10.2. The highest BCUT2D eigenvalue weighted by Gasteiger charge is 2.24. The largest absolute Gasteiger partial charge is 0.472 e.